The lowest BCUT2D eigenvalue weighted by atomic mass is 9.88. The molecular weight excluding hydrogens is 324 g/mol. The molecule has 1 aliphatic carbocycles. The fraction of sp³-hybridized carbons (Fsp3) is 0.667. The van der Waals surface area contributed by atoms with Gasteiger partial charge in [-0.25, -0.2) is 4.79 Å². The largest absolute Gasteiger partial charge is 0.465 e. The molecule has 1 aromatic rings. The van der Waals surface area contributed by atoms with E-state index in [-0.39, 0.29) is 11.9 Å². The van der Waals surface area contributed by atoms with Crippen LogP contribution >= 0.6 is 11.3 Å². The van der Waals surface area contributed by atoms with Crippen molar-refractivity contribution in [1.29, 1.82) is 0 Å². The normalized spacial score (nSPS) is 21.2. The molecule has 1 fully saturated rings. The minimum atomic E-state index is -0.331. The molecule has 3 rings (SSSR count). The molecular formula is C18H27N2O3S+. The zero-order chi connectivity index (χ0) is 17.1. The van der Waals surface area contributed by atoms with E-state index < -0.39 is 0 Å². The van der Waals surface area contributed by atoms with Crippen LogP contribution in [-0.4, -0.2) is 38.6 Å². The van der Waals surface area contributed by atoms with Crippen LogP contribution in [0.3, 0.4) is 0 Å². The van der Waals surface area contributed by atoms with Crippen LogP contribution in [0.2, 0.25) is 0 Å². The highest BCUT2D eigenvalue weighted by molar-refractivity contribution is 7.17. The van der Waals surface area contributed by atoms with E-state index in [0.29, 0.717) is 23.0 Å². The van der Waals surface area contributed by atoms with Crippen LogP contribution in [0.1, 0.15) is 53.4 Å². The maximum Gasteiger partial charge on any atom is 0.341 e. The molecule has 0 spiro atoms. The Morgan fingerprint density at radius 1 is 1.29 bits per heavy atom. The van der Waals surface area contributed by atoms with Gasteiger partial charge in [0.2, 0.25) is 0 Å². The first-order valence-corrected chi connectivity index (χ1v) is 9.76. The Kier molecular flexibility index (Phi) is 5.56. The van der Waals surface area contributed by atoms with Crippen molar-refractivity contribution >= 4 is 28.2 Å². The van der Waals surface area contributed by atoms with E-state index in [9.17, 15) is 9.59 Å². The highest BCUT2D eigenvalue weighted by Crippen LogP contribution is 2.39. The van der Waals surface area contributed by atoms with Gasteiger partial charge >= 0.3 is 5.97 Å². The van der Waals surface area contributed by atoms with Gasteiger partial charge in [-0.05, 0) is 50.0 Å². The predicted octanol–water partition coefficient (Wildman–Crippen LogP) is 1.67. The maximum atomic E-state index is 12.4. The minimum absolute atomic E-state index is 0.00342. The third-order valence-electron chi connectivity index (χ3n) is 5.13. The summed E-state index contributed by atoms with van der Waals surface area (Å²) in [6, 6.07) is 0. The first kappa shape index (κ1) is 17.4. The van der Waals surface area contributed by atoms with E-state index in [1.165, 1.54) is 36.1 Å². The highest BCUT2D eigenvalue weighted by Gasteiger charge is 2.29. The van der Waals surface area contributed by atoms with Crippen molar-refractivity contribution < 1.29 is 19.2 Å². The monoisotopic (exact) mass is 351 g/mol. The van der Waals surface area contributed by atoms with Crippen LogP contribution in [0.25, 0.3) is 0 Å². The topological polar surface area (TPSA) is 59.8 Å². The summed E-state index contributed by atoms with van der Waals surface area (Å²) in [5, 5.41) is 3.69. The number of esters is 1. The zero-order valence-corrected chi connectivity index (χ0v) is 15.4. The third-order valence-corrected chi connectivity index (χ3v) is 6.30. The number of hydrogen-bond donors (Lipinski definition) is 2. The van der Waals surface area contributed by atoms with Crippen molar-refractivity contribution in [1.82, 2.24) is 0 Å². The van der Waals surface area contributed by atoms with Crippen molar-refractivity contribution in [3.05, 3.63) is 16.0 Å². The summed E-state index contributed by atoms with van der Waals surface area (Å²) in [5.41, 5.74) is 1.68. The molecule has 0 unspecified atom stereocenters. The number of methoxy groups -OCH3 is 1. The summed E-state index contributed by atoms with van der Waals surface area (Å²) >= 11 is 1.56. The number of hydrogen-bond acceptors (Lipinski definition) is 4. The predicted molar refractivity (Wildman–Crippen MR) is 94.9 cm³/mol. The second kappa shape index (κ2) is 7.66. The molecule has 6 heteroatoms. The van der Waals surface area contributed by atoms with Gasteiger partial charge in [-0.15, -0.1) is 11.3 Å². The number of carbonyl (C=O) groups is 2. The van der Waals surface area contributed by atoms with E-state index in [4.69, 9.17) is 4.74 Å². The van der Waals surface area contributed by atoms with Crippen LogP contribution in [0, 0.1) is 5.92 Å². The summed E-state index contributed by atoms with van der Waals surface area (Å²) in [4.78, 5) is 27.3. The smallest absolute Gasteiger partial charge is 0.341 e. The SMILES string of the molecule is COC(=O)c1c(NC(=O)C[NH+]2CCCCC2)sc2c1CC[C@H](C)C2. The molecule has 2 heterocycles. The summed E-state index contributed by atoms with van der Waals surface area (Å²) in [6.07, 6.45) is 6.62. The van der Waals surface area contributed by atoms with Crippen molar-refractivity contribution in [3.63, 3.8) is 0 Å². The number of nitrogens with one attached hydrogen (secondary N) is 2. The number of piperidine rings is 1. The van der Waals surface area contributed by atoms with Crippen LogP contribution in [-0.2, 0) is 22.4 Å². The lowest BCUT2D eigenvalue weighted by Gasteiger charge is -2.22. The summed E-state index contributed by atoms with van der Waals surface area (Å²) in [5.74, 6) is 0.300. The van der Waals surface area contributed by atoms with E-state index in [2.05, 4.69) is 12.2 Å². The molecule has 24 heavy (non-hydrogen) atoms. The van der Waals surface area contributed by atoms with Crippen LogP contribution < -0.4 is 10.2 Å². The summed E-state index contributed by atoms with van der Waals surface area (Å²) in [7, 11) is 1.40. The van der Waals surface area contributed by atoms with Gasteiger partial charge in [-0.3, -0.25) is 4.79 Å². The van der Waals surface area contributed by atoms with Gasteiger partial charge in [-0.2, -0.15) is 0 Å². The number of ether oxygens (including phenoxy) is 1. The minimum Gasteiger partial charge on any atom is -0.465 e. The van der Waals surface area contributed by atoms with Gasteiger partial charge in [0.15, 0.2) is 6.54 Å². The Morgan fingerprint density at radius 2 is 2.04 bits per heavy atom. The van der Waals surface area contributed by atoms with E-state index >= 15 is 0 Å². The van der Waals surface area contributed by atoms with Crippen molar-refractivity contribution in [3.8, 4) is 0 Å². The molecule has 2 N–H and O–H groups in total. The third kappa shape index (κ3) is 3.81. The van der Waals surface area contributed by atoms with Gasteiger partial charge in [-0.1, -0.05) is 6.92 Å². The number of carbonyl (C=O) groups excluding carboxylic acids is 2. The number of rotatable bonds is 4. The Hall–Kier alpha value is -1.40. The van der Waals surface area contributed by atoms with Gasteiger partial charge in [0.25, 0.3) is 5.91 Å². The molecule has 1 atom stereocenters. The Morgan fingerprint density at radius 3 is 2.75 bits per heavy atom. The zero-order valence-electron chi connectivity index (χ0n) is 14.6. The van der Waals surface area contributed by atoms with Gasteiger partial charge in [0.05, 0.1) is 25.8 Å². The van der Waals surface area contributed by atoms with E-state index in [1.807, 2.05) is 0 Å². The van der Waals surface area contributed by atoms with Crippen LogP contribution in [0.5, 0.6) is 0 Å². The van der Waals surface area contributed by atoms with Gasteiger partial charge in [0.1, 0.15) is 5.00 Å². The number of quaternary nitrogens is 1. The first-order valence-electron chi connectivity index (χ1n) is 8.94. The van der Waals surface area contributed by atoms with Gasteiger partial charge < -0.3 is 15.0 Å². The quantitative estimate of drug-likeness (QED) is 0.811. The Bertz CT molecular complexity index is 620. The molecule has 1 saturated heterocycles. The molecule has 0 aromatic carbocycles. The fourth-order valence-corrected chi connectivity index (χ4v) is 5.20. The highest BCUT2D eigenvalue weighted by atomic mass is 32.1. The van der Waals surface area contributed by atoms with Gasteiger partial charge in [0, 0.05) is 4.88 Å². The van der Waals surface area contributed by atoms with Crippen molar-refractivity contribution in [2.75, 3.05) is 32.1 Å². The molecule has 1 aliphatic heterocycles. The van der Waals surface area contributed by atoms with Crippen molar-refractivity contribution in [2.45, 2.75) is 45.4 Å². The van der Waals surface area contributed by atoms with E-state index in [0.717, 1.165) is 37.9 Å². The average Bonchev–Trinajstić information content (AvgIpc) is 2.91. The molecule has 0 saturated carbocycles. The maximum absolute atomic E-state index is 12.4. The van der Waals surface area contributed by atoms with Crippen LogP contribution in [0.15, 0.2) is 0 Å². The molecule has 1 amide bonds. The number of anilines is 1. The number of fused-ring (bicyclic) bond motifs is 1. The lowest BCUT2D eigenvalue weighted by Crippen LogP contribution is -3.13. The second-order valence-corrected chi connectivity index (χ2v) is 8.19. The number of amides is 1. The number of likely N-dealkylation sites (tertiary alicyclic amines) is 1. The first-order chi connectivity index (χ1) is 11.6. The van der Waals surface area contributed by atoms with Crippen molar-refractivity contribution in [2.24, 2.45) is 5.92 Å². The van der Waals surface area contributed by atoms with Crippen LogP contribution in [0.4, 0.5) is 5.00 Å². The summed E-state index contributed by atoms with van der Waals surface area (Å²) < 4.78 is 4.97. The second-order valence-electron chi connectivity index (χ2n) is 7.08. The molecule has 1 aromatic heterocycles. The molecule has 0 radical (unpaired) electrons. The molecule has 5 nitrogen and oxygen atoms in total. The molecule has 132 valence electrons. The standard InChI is InChI=1S/C18H26N2O3S/c1-12-6-7-13-14(10-12)24-17(16(13)18(22)23-2)19-15(21)11-20-8-4-3-5-9-20/h12H,3-11H2,1-2H3,(H,19,21)/p+1/t12-/m0/s1. The molecule has 0 bridgehead atoms. The molecule has 2 aliphatic rings. The Labute approximate surface area is 147 Å². The summed E-state index contributed by atoms with van der Waals surface area (Å²) in [6.45, 7) is 4.85. The average molecular weight is 351 g/mol. The fourth-order valence-electron chi connectivity index (χ4n) is 3.78. The van der Waals surface area contributed by atoms with E-state index in [1.54, 1.807) is 11.3 Å². The Balaban J connectivity index is 1.76. The lowest BCUT2D eigenvalue weighted by molar-refractivity contribution is -0.896. The number of thiophene rings is 1.